The van der Waals surface area contributed by atoms with Crippen molar-refractivity contribution in [3.8, 4) is 11.8 Å². The van der Waals surface area contributed by atoms with E-state index >= 15 is 0 Å². The third-order valence-corrected chi connectivity index (χ3v) is 6.20. The fraction of sp³-hybridized carbons (Fsp3) is 0.308. The van der Waals surface area contributed by atoms with Gasteiger partial charge in [0.25, 0.3) is 0 Å². The number of imidazole rings is 1. The first kappa shape index (κ1) is 20.3. The van der Waals surface area contributed by atoms with E-state index in [0.29, 0.717) is 12.2 Å². The first-order valence-corrected chi connectivity index (χ1v) is 11.2. The first-order chi connectivity index (χ1) is 15.7. The maximum absolute atomic E-state index is 9.73. The molecule has 162 valence electrons. The van der Waals surface area contributed by atoms with Crippen molar-refractivity contribution in [3.05, 3.63) is 71.3 Å². The highest BCUT2D eigenvalue weighted by Crippen LogP contribution is 2.29. The lowest BCUT2D eigenvalue weighted by Crippen LogP contribution is -2.46. The molecule has 0 N–H and O–H groups in total. The molecule has 1 aliphatic rings. The van der Waals surface area contributed by atoms with Crippen LogP contribution in [0.2, 0.25) is 0 Å². The van der Waals surface area contributed by atoms with Crippen LogP contribution in [0, 0.1) is 18.3 Å². The Hall–Kier alpha value is -3.56. The van der Waals surface area contributed by atoms with Crippen molar-refractivity contribution in [1.82, 2.24) is 14.3 Å². The second-order valence-corrected chi connectivity index (χ2v) is 8.27. The Bertz CT molecular complexity index is 1290. The van der Waals surface area contributed by atoms with E-state index in [2.05, 4.69) is 56.7 Å². The van der Waals surface area contributed by atoms with Gasteiger partial charge in [0.1, 0.15) is 17.6 Å². The molecule has 2 aromatic carbocycles. The number of hydrogen-bond donors (Lipinski definition) is 0. The second kappa shape index (κ2) is 8.52. The SMILES string of the molecule is CCOc1ccc(CN2CCN(c3cc(C)c(C#N)c4nc5ccccc5n34)CC2)cc1. The van der Waals surface area contributed by atoms with Crippen molar-refractivity contribution < 1.29 is 4.74 Å². The van der Waals surface area contributed by atoms with E-state index < -0.39 is 0 Å². The topological polar surface area (TPSA) is 56.8 Å². The van der Waals surface area contributed by atoms with Crippen molar-refractivity contribution in [1.29, 1.82) is 5.26 Å². The Morgan fingerprint density at radius 3 is 2.50 bits per heavy atom. The van der Waals surface area contributed by atoms with E-state index in [1.54, 1.807) is 0 Å². The highest BCUT2D eigenvalue weighted by Gasteiger charge is 2.22. The summed E-state index contributed by atoms with van der Waals surface area (Å²) in [6, 6.07) is 21.0. The van der Waals surface area contributed by atoms with E-state index in [0.717, 1.165) is 66.5 Å². The smallest absolute Gasteiger partial charge is 0.157 e. The predicted molar refractivity (Wildman–Crippen MR) is 127 cm³/mol. The molecule has 0 saturated carbocycles. The predicted octanol–water partition coefficient (Wildman–Crippen LogP) is 4.39. The number of rotatable bonds is 5. The number of hydrogen-bond acceptors (Lipinski definition) is 5. The summed E-state index contributed by atoms with van der Waals surface area (Å²) in [4.78, 5) is 9.70. The van der Waals surface area contributed by atoms with E-state index in [-0.39, 0.29) is 0 Å². The molecule has 0 spiro atoms. The minimum absolute atomic E-state index is 0.652. The number of nitriles is 1. The van der Waals surface area contributed by atoms with Gasteiger partial charge in [0, 0.05) is 32.7 Å². The van der Waals surface area contributed by atoms with E-state index in [9.17, 15) is 5.26 Å². The average molecular weight is 426 g/mol. The minimum atomic E-state index is 0.652. The molecule has 2 aromatic heterocycles. The van der Waals surface area contributed by atoms with Crippen LogP contribution in [0.5, 0.6) is 5.75 Å². The monoisotopic (exact) mass is 425 g/mol. The quantitative estimate of drug-likeness (QED) is 0.475. The molecule has 1 saturated heterocycles. The highest BCUT2D eigenvalue weighted by atomic mass is 16.5. The maximum atomic E-state index is 9.73. The summed E-state index contributed by atoms with van der Waals surface area (Å²) in [5.74, 6) is 2.04. The largest absolute Gasteiger partial charge is 0.494 e. The summed E-state index contributed by atoms with van der Waals surface area (Å²) in [5, 5.41) is 9.73. The molecule has 0 aliphatic carbocycles. The van der Waals surface area contributed by atoms with Gasteiger partial charge in [-0.05, 0) is 55.3 Å². The van der Waals surface area contributed by atoms with Crippen LogP contribution in [0.4, 0.5) is 5.82 Å². The molecule has 0 atom stereocenters. The molecule has 0 amide bonds. The molecule has 0 unspecified atom stereocenters. The Morgan fingerprint density at radius 1 is 1.03 bits per heavy atom. The second-order valence-electron chi connectivity index (χ2n) is 8.27. The molecule has 3 heterocycles. The van der Waals surface area contributed by atoms with Crippen LogP contribution in [-0.2, 0) is 6.54 Å². The van der Waals surface area contributed by atoms with Crippen LogP contribution in [0.3, 0.4) is 0 Å². The van der Waals surface area contributed by atoms with Crippen LogP contribution < -0.4 is 9.64 Å². The molecular weight excluding hydrogens is 398 g/mol. The summed E-state index contributed by atoms with van der Waals surface area (Å²) < 4.78 is 7.71. The molecule has 0 bridgehead atoms. The third kappa shape index (κ3) is 3.65. The van der Waals surface area contributed by atoms with Gasteiger partial charge in [-0.1, -0.05) is 24.3 Å². The van der Waals surface area contributed by atoms with Gasteiger partial charge < -0.3 is 9.64 Å². The Labute approximate surface area is 188 Å². The van der Waals surface area contributed by atoms with Crippen LogP contribution in [0.1, 0.15) is 23.6 Å². The van der Waals surface area contributed by atoms with Crippen LogP contribution in [0.25, 0.3) is 16.7 Å². The number of anilines is 1. The summed E-state index contributed by atoms with van der Waals surface area (Å²) in [6.07, 6.45) is 0. The van der Waals surface area contributed by atoms with Crippen molar-refractivity contribution in [2.24, 2.45) is 0 Å². The van der Waals surface area contributed by atoms with E-state index in [1.165, 1.54) is 5.56 Å². The maximum Gasteiger partial charge on any atom is 0.157 e. The van der Waals surface area contributed by atoms with E-state index in [1.807, 2.05) is 32.0 Å². The molecule has 1 fully saturated rings. The summed E-state index contributed by atoms with van der Waals surface area (Å²) in [6.45, 7) is 9.48. The number of piperazine rings is 1. The van der Waals surface area contributed by atoms with Gasteiger partial charge in [0.2, 0.25) is 0 Å². The number of aromatic nitrogens is 2. The van der Waals surface area contributed by atoms with Crippen LogP contribution >= 0.6 is 0 Å². The van der Waals surface area contributed by atoms with Crippen LogP contribution in [0.15, 0.2) is 54.6 Å². The standard InChI is InChI=1S/C26H27N5O/c1-3-32-21-10-8-20(9-11-21)18-29-12-14-30(15-13-29)25-16-19(2)22(17-27)26-28-23-6-4-5-7-24(23)31(25)26/h4-11,16H,3,12-15,18H2,1-2H3. The molecule has 6 heteroatoms. The van der Waals surface area contributed by atoms with Crippen LogP contribution in [-0.4, -0.2) is 47.1 Å². The number of ether oxygens (including phenoxy) is 1. The lowest BCUT2D eigenvalue weighted by molar-refractivity contribution is 0.249. The van der Waals surface area contributed by atoms with Crippen molar-refractivity contribution in [2.45, 2.75) is 20.4 Å². The van der Waals surface area contributed by atoms with Gasteiger partial charge in [0.05, 0.1) is 23.2 Å². The number of pyridine rings is 1. The highest BCUT2D eigenvalue weighted by molar-refractivity contribution is 5.85. The average Bonchev–Trinajstić information content (AvgIpc) is 3.20. The van der Waals surface area contributed by atoms with E-state index in [4.69, 9.17) is 9.72 Å². The fourth-order valence-corrected chi connectivity index (χ4v) is 4.55. The Morgan fingerprint density at radius 2 is 1.78 bits per heavy atom. The number of nitrogens with zero attached hydrogens (tertiary/aromatic N) is 5. The minimum Gasteiger partial charge on any atom is -0.494 e. The van der Waals surface area contributed by atoms with Gasteiger partial charge in [-0.15, -0.1) is 0 Å². The molecule has 32 heavy (non-hydrogen) atoms. The van der Waals surface area contributed by atoms with Crippen molar-refractivity contribution in [2.75, 3.05) is 37.7 Å². The zero-order valence-electron chi connectivity index (χ0n) is 18.6. The van der Waals surface area contributed by atoms with Gasteiger partial charge in [0.15, 0.2) is 5.65 Å². The lowest BCUT2D eigenvalue weighted by atomic mass is 10.1. The van der Waals surface area contributed by atoms with Crippen molar-refractivity contribution in [3.63, 3.8) is 0 Å². The number of benzene rings is 2. The number of para-hydroxylation sites is 2. The first-order valence-electron chi connectivity index (χ1n) is 11.2. The van der Waals surface area contributed by atoms with Gasteiger partial charge in [-0.25, -0.2) is 4.98 Å². The Balaban J connectivity index is 1.39. The van der Waals surface area contributed by atoms with Gasteiger partial charge in [-0.3, -0.25) is 9.30 Å². The van der Waals surface area contributed by atoms with Crippen molar-refractivity contribution >= 4 is 22.5 Å². The summed E-state index contributed by atoms with van der Waals surface area (Å²) >= 11 is 0. The van der Waals surface area contributed by atoms with Gasteiger partial charge in [-0.2, -0.15) is 5.26 Å². The Kier molecular flexibility index (Phi) is 5.42. The zero-order valence-corrected chi connectivity index (χ0v) is 18.6. The summed E-state index contributed by atoms with van der Waals surface area (Å²) in [7, 11) is 0. The number of aryl methyl sites for hydroxylation is 1. The molecular formula is C26H27N5O. The fourth-order valence-electron chi connectivity index (χ4n) is 4.55. The summed E-state index contributed by atoms with van der Waals surface area (Å²) in [5.41, 5.74) is 5.65. The van der Waals surface area contributed by atoms with Gasteiger partial charge >= 0.3 is 0 Å². The zero-order chi connectivity index (χ0) is 22.1. The lowest BCUT2D eigenvalue weighted by Gasteiger charge is -2.36. The third-order valence-electron chi connectivity index (χ3n) is 6.20. The normalized spacial score (nSPS) is 14.7. The molecule has 1 aliphatic heterocycles. The molecule has 4 aromatic rings. The molecule has 0 radical (unpaired) electrons. The number of fused-ring (bicyclic) bond motifs is 3. The molecule has 5 rings (SSSR count). The molecule has 6 nitrogen and oxygen atoms in total.